The van der Waals surface area contributed by atoms with Crippen molar-refractivity contribution in [2.24, 2.45) is 0 Å². The van der Waals surface area contributed by atoms with E-state index in [0.29, 0.717) is 24.3 Å². The van der Waals surface area contributed by atoms with Crippen molar-refractivity contribution in [1.82, 2.24) is 14.9 Å². The number of fused-ring (bicyclic) bond motifs is 1. The van der Waals surface area contributed by atoms with E-state index in [-0.39, 0.29) is 25.1 Å². The van der Waals surface area contributed by atoms with Crippen LogP contribution in [0.2, 0.25) is 0 Å². The van der Waals surface area contributed by atoms with Gasteiger partial charge in [0.1, 0.15) is 0 Å². The van der Waals surface area contributed by atoms with Crippen molar-refractivity contribution in [2.45, 2.75) is 20.5 Å². The third-order valence-corrected chi connectivity index (χ3v) is 4.67. The van der Waals surface area contributed by atoms with Crippen LogP contribution in [-0.4, -0.2) is 20.8 Å². The van der Waals surface area contributed by atoms with Gasteiger partial charge in [0.2, 0.25) is 11.9 Å². The lowest BCUT2D eigenvalue weighted by Gasteiger charge is -2.11. The van der Waals surface area contributed by atoms with E-state index in [1.807, 2.05) is 24.3 Å². The van der Waals surface area contributed by atoms with Gasteiger partial charge < -0.3 is 15.5 Å². The molecule has 0 bridgehead atoms. The van der Waals surface area contributed by atoms with Crippen LogP contribution in [-0.2, 0) is 17.9 Å². The number of nitriles is 1. The molecule has 1 aliphatic rings. The van der Waals surface area contributed by atoms with Gasteiger partial charge in [0.15, 0.2) is 11.6 Å². The van der Waals surface area contributed by atoms with Gasteiger partial charge in [0.25, 0.3) is 0 Å². The largest absolute Gasteiger partial charge is 0.338 e. The minimum absolute atomic E-state index is 0. The van der Waals surface area contributed by atoms with Crippen LogP contribution in [0.25, 0.3) is 0 Å². The van der Waals surface area contributed by atoms with Gasteiger partial charge in [-0.15, -0.1) is 0 Å². The van der Waals surface area contributed by atoms with Gasteiger partial charge in [0.05, 0.1) is 17.8 Å². The Morgan fingerprint density at radius 3 is 2.71 bits per heavy atom. The molecule has 2 N–H and O–H groups in total. The van der Waals surface area contributed by atoms with Gasteiger partial charge in [-0.25, -0.2) is 9.37 Å². The van der Waals surface area contributed by atoms with Crippen molar-refractivity contribution >= 4 is 29.0 Å². The summed E-state index contributed by atoms with van der Waals surface area (Å²) in [5, 5.41) is 14.9. The number of carbonyl (C=O) groups is 1. The Morgan fingerprint density at radius 2 is 1.94 bits per heavy atom. The van der Waals surface area contributed by atoms with E-state index >= 15 is 0 Å². The standard InChI is InChI=1S/C22H17FN6O.CH4/c1-2-20(30)29-12-15-6-7-18(9-16(15)13-29)27-22-25-11-19(23)21(28-22)26-17-5-3-4-14(8-17)10-24;/h2-9,11H,1,12-13H2,(H2,25,26,27,28);1H4. The Hall–Kier alpha value is -4.25. The summed E-state index contributed by atoms with van der Waals surface area (Å²) in [6.07, 6.45) is 2.38. The number of benzene rings is 2. The highest BCUT2D eigenvalue weighted by molar-refractivity contribution is 5.87. The molecule has 2 heterocycles. The summed E-state index contributed by atoms with van der Waals surface area (Å²) < 4.78 is 14.2. The molecular formula is C23H21FN6O. The molecule has 0 saturated heterocycles. The molecule has 0 atom stereocenters. The van der Waals surface area contributed by atoms with Gasteiger partial charge in [-0.05, 0) is 47.5 Å². The molecule has 7 nitrogen and oxygen atoms in total. The summed E-state index contributed by atoms with van der Waals surface area (Å²) in [5.41, 5.74) is 3.81. The first-order valence-electron chi connectivity index (χ1n) is 9.15. The van der Waals surface area contributed by atoms with E-state index in [0.717, 1.165) is 23.0 Å². The van der Waals surface area contributed by atoms with Crippen LogP contribution in [0.15, 0.2) is 61.3 Å². The first kappa shape index (κ1) is 21.5. The number of aromatic nitrogens is 2. The number of nitrogens with zero attached hydrogens (tertiary/aromatic N) is 4. The fraction of sp³-hybridized carbons (Fsp3) is 0.130. The minimum Gasteiger partial charge on any atom is -0.338 e. The van der Waals surface area contributed by atoms with Crippen molar-refractivity contribution in [1.29, 1.82) is 5.26 Å². The number of rotatable bonds is 5. The average molecular weight is 416 g/mol. The topological polar surface area (TPSA) is 93.9 Å². The fourth-order valence-corrected chi connectivity index (χ4v) is 3.20. The maximum absolute atomic E-state index is 14.2. The first-order valence-corrected chi connectivity index (χ1v) is 9.15. The number of hydrogen-bond acceptors (Lipinski definition) is 6. The molecule has 0 unspecified atom stereocenters. The highest BCUT2D eigenvalue weighted by atomic mass is 19.1. The number of nitrogens with one attached hydrogen (secondary N) is 2. The SMILES string of the molecule is C.C=CC(=O)N1Cc2ccc(Nc3ncc(F)c(Nc4cccc(C#N)c4)n3)cc2C1. The Bertz CT molecular complexity index is 1190. The van der Waals surface area contributed by atoms with Gasteiger partial charge >= 0.3 is 0 Å². The molecule has 0 radical (unpaired) electrons. The molecule has 0 aliphatic carbocycles. The molecule has 0 fully saturated rings. The van der Waals surface area contributed by atoms with Crippen LogP contribution in [0.1, 0.15) is 24.1 Å². The van der Waals surface area contributed by atoms with E-state index in [2.05, 4.69) is 27.2 Å². The van der Waals surface area contributed by atoms with Crippen molar-refractivity contribution in [3.8, 4) is 6.07 Å². The molecule has 2 aromatic carbocycles. The number of hydrogen-bond donors (Lipinski definition) is 2. The van der Waals surface area contributed by atoms with Crippen LogP contribution < -0.4 is 10.6 Å². The van der Waals surface area contributed by atoms with E-state index in [1.54, 1.807) is 29.2 Å². The quantitative estimate of drug-likeness (QED) is 0.589. The smallest absolute Gasteiger partial charge is 0.246 e. The van der Waals surface area contributed by atoms with Crippen LogP contribution in [0.4, 0.5) is 27.5 Å². The first-order chi connectivity index (χ1) is 14.6. The third-order valence-electron chi connectivity index (χ3n) is 4.67. The molecule has 31 heavy (non-hydrogen) atoms. The van der Waals surface area contributed by atoms with Crippen LogP contribution in [0, 0.1) is 17.1 Å². The Labute approximate surface area is 179 Å². The highest BCUT2D eigenvalue weighted by Gasteiger charge is 2.21. The lowest BCUT2D eigenvalue weighted by molar-refractivity contribution is -0.126. The summed E-state index contributed by atoms with van der Waals surface area (Å²) in [7, 11) is 0. The Morgan fingerprint density at radius 1 is 1.16 bits per heavy atom. The van der Waals surface area contributed by atoms with Crippen molar-refractivity contribution in [2.75, 3.05) is 10.6 Å². The number of halogens is 1. The molecule has 8 heteroatoms. The molecule has 3 aromatic rings. The Balaban J connectivity index is 0.00000272. The second kappa shape index (κ2) is 9.05. The summed E-state index contributed by atoms with van der Waals surface area (Å²) in [4.78, 5) is 21.7. The summed E-state index contributed by atoms with van der Waals surface area (Å²) in [5.74, 6) is -0.520. The predicted molar refractivity (Wildman–Crippen MR) is 117 cm³/mol. The predicted octanol–water partition coefficient (Wildman–Crippen LogP) is 4.64. The van der Waals surface area contributed by atoms with Gasteiger partial charge in [0, 0.05) is 24.5 Å². The lowest BCUT2D eigenvalue weighted by Crippen LogP contribution is -2.22. The third kappa shape index (κ3) is 4.67. The van der Waals surface area contributed by atoms with E-state index < -0.39 is 5.82 Å². The van der Waals surface area contributed by atoms with E-state index in [9.17, 15) is 9.18 Å². The van der Waals surface area contributed by atoms with Gasteiger partial charge in [-0.3, -0.25) is 4.79 Å². The van der Waals surface area contributed by atoms with Crippen molar-refractivity contribution in [3.05, 3.63) is 83.8 Å². The van der Waals surface area contributed by atoms with E-state index in [1.165, 1.54) is 6.08 Å². The Kier molecular flexibility index (Phi) is 6.26. The van der Waals surface area contributed by atoms with Crippen LogP contribution in [0.3, 0.4) is 0 Å². The maximum atomic E-state index is 14.2. The molecule has 0 saturated carbocycles. The number of amides is 1. The molecule has 1 aromatic heterocycles. The molecule has 4 rings (SSSR count). The molecule has 1 amide bonds. The van der Waals surface area contributed by atoms with Crippen LogP contribution >= 0.6 is 0 Å². The van der Waals surface area contributed by atoms with Crippen LogP contribution in [0.5, 0.6) is 0 Å². The lowest BCUT2D eigenvalue weighted by atomic mass is 10.1. The number of anilines is 4. The fourth-order valence-electron chi connectivity index (χ4n) is 3.20. The number of carbonyl (C=O) groups excluding carboxylic acids is 1. The molecular weight excluding hydrogens is 395 g/mol. The zero-order chi connectivity index (χ0) is 21.1. The molecule has 0 spiro atoms. The molecule has 156 valence electrons. The summed E-state index contributed by atoms with van der Waals surface area (Å²) >= 11 is 0. The normalized spacial score (nSPS) is 11.7. The summed E-state index contributed by atoms with van der Waals surface area (Å²) in [6, 6.07) is 14.4. The maximum Gasteiger partial charge on any atom is 0.246 e. The second-order valence-electron chi connectivity index (χ2n) is 6.71. The minimum atomic E-state index is -0.615. The van der Waals surface area contributed by atoms with Crippen molar-refractivity contribution in [3.63, 3.8) is 0 Å². The monoisotopic (exact) mass is 416 g/mol. The van der Waals surface area contributed by atoms with Crippen molar-refractivity contribution < 1.29 is 9.18 Å². The second-order valence-corrected chi connectivity index (χ2v) is 6.71. The average Bonchev–Trinajstić information content (AvgIpc) is 3.19. The van der Waals surface area contributed by atoms with Gasteiger partial charge in [-0.2, -0.15) is 10.2 Å². The van der Waals surface area contributed by atoms with Gasteiger partial charge in [-0.1, -0.05) is 26.1 Å². The highest BCUT2D eigenvalue weighted by Crippen LogP contribution is 2.27. The van der Waals surface area contributed by atoms with E-state index in [4.69, 9.17) is 5.26 Å². The molecule has 1 aliphatic heterocycles. The zero-order valence-electron chi connectivity index (χ0n) is 15.9. The summed E-state index contributed by atoms with van der Waals surface area (Å²) in [6.45, 7) is 4.57. The zero-order valence-corrected chi connectivity index (χ0v) is 15.9.